The summed E-state index contributed by atoms with van der Waals surface area (Å²) in [6.45, 7) is 4.92. The largest absolute Gasteiger partial charge is 0.497 e. The van der Waals surface area contributed by atoms with Crippen molar-refractivity contribution in [3.63, 3.8) is 0 Å². The van der Waals surface area contributed by atoms with Gasteiger partial charge in [-0.05, 0) is 47.5 Å². The van der Waals surface area contributed by atoms with Gasteiger partial charge in [0, 0.05) is 19.6 Å². The maximum absolute atomic E-state index is 5.17. The molecule has 0 spiro atoms. The number of benzene rings is 1. The SMILES string of the molecule is COc1ccc(C(C)NCc2c(Br)c(C)nn2C)cc1. The Balaban J connectivity index is 2.02. The van der Waals surface area contributed by atoms with E-state index in [-0.39, 0.29) is 6.04 Å². The summed E-state index contributed by atoms with van der Waals surface area (Å²) in [5.74, 6) is 0.881. The molecule has 0 saturated heterocycles. The van der Waals surface area contributed by atoms with Crippen LogP contribution in [0.15, 0.2) is 28.7 Å². The molecule has 1 N–H and O–H groups in total. The highest BCUT2D eigenvalue weighted by Crippen LogP contribution is 2.22. The molecule has 0 saturated carbocycles. The first-order valence-corrected chi connectivity index (χ1v) is 7.37. The quantitative estimate of drug-likeness (QED) is 0.909. The van der Waals surface area contributed by atoms with E-state index in [1.165, 1.54) is 5.56 Å². The van der Waals surface area contributed by atoms with Gasteiger partial charge in [0.2, 0.25) is 0 Å². The van der Waals surface area contributed by atoms with Gasteiger partial charge in [0.15, 0.2) is 0 Å². The third-order valence-electron chi connectivity index (χ3n) is 3.45. The third-order valence-corrected chi connectivity index (χ3v) is 4.48. The van der Waals surface area contributed by atoms with E-state index in [9.17, 15) is 0 Å². The van der Waals surface area contributed by atoms with Gasteiger partial charge < -0.3 is 10.1 Å². The molecule has 20 heavy (non-hydrogen) atoms. The predicted octanol–water partition coefficient (Wildman–Crippen LogP) is 3.35. The second-order valence-electron chi connectivity index (χ2n) is 4.85. The minimum absolute atomic E-state index is 0.267. The molecule has 4 nitrogen and oxygen atoms in total. The summed E-state index contributed by atoms with van der Waals surface area (Å²) in [5, 5.41) is 7.91. The minimum atomic E-state index is 0.267. The molecule has 1 unspecified atom stereocenters. The Bertz CT molecular complexity index is 578. The molecule has 1 aromatic heterocycles. The first kappa shape index (κ1) is 15.1. The summed E-state index contributed by atoms with van der Waals surface area (Å²) < 4.78 is 8.16. The molecule has 0 aliphatic carbocycles. The number of methoxy groups -OCH3 is 1. The molecular formula is C15H20BrN3O. The van der Waals surface area contributed by atoms with Gasteiger partial charge in [0.05, 0.1) is 23.0 Å². The van der Waals surface area contributed by atoms with Crippen molar-refractivity contribution in [1.82, 2.24) is 15.1 Å². The Labute approximate surface area is 128 Å². The topological polar surface area (TPSA) is 39.1 Å². The predicted molar refractivity (Wildman–Crippen MR) is 83.9 cm³/mol. The van der Waals surface area contributed by atoms with Crippen LogP contribution < -0.4 is 10.1 Å². The minimum Gasteiger partial charge on any atom is -0.497 e. The van der Waals surface area contributed by atoms with Crippen LogP contribution in [0.4, 0.5) is 0 Å². The number of hydrogen-bond acceptors (Lipinski definition) is 3. The fraction of sp³-hybridized carbons (Fsp3) is 0.400. The molecule has 0 amide bonds. The Morgan fingerprint density at radius 2 is 2.00 bits per heavy atom. The van der Waals surface area contributed by atoms with Crippen LogP contribution >= 0.6 is 15.9 Å². The van der Waals surface area contributed by atoms with Gasteiger partial charge >= 0.3 is 0 Å². The van der Waals surface area contributed by atoms with Crippen molar-refractivity contribution >= 4 is 15.9 Å². The molecule has 1 aromatic carbocycles. The zero-order valence-corrected chi connectivity index (χ0v) is 13.9. The Morgan fingerprint density at radius 3 is 2.50 bits per heavy atom. The standard InChI is InChI=1S/C15H20BrN3O/c1-10(12-5-7-13(20-4)8-6-12)17-9-14-15(16)11(2)18-19(14)3/h5-8,10,17H,9H2,1-4H3. The van der Waals surface area contributed by atoms with Crippen LogP contribution in [0.3, 0.4) is 0 Å². The second kappa shape index (κ2) is 6.41. The highest BCUT2D eigenvalue weighted by atomic mass is 79.9. The van der Waals surface area contributed by atoms with Crippen molar-refractivity contribution in [3.8, 4) is 5.75 Å². The van der Waals surface area contributed by atoms with E-state index in [1.54, 1.807) is 7.11 Å². The van der Waals surface area contributed by atoms with Gasteiger partial charge in [-0.3, -0.25) is 4.68 Å². The lowest BCUT2D eigenvalue weighted by Gasteiger charge is -2.15. The van der Waals surface area contributed by atoms with Crippen molar-refractivity contribution in [1.29, 1.82) is 0 Å². The van der Waals surface area contributed by atoms with E-state index < -0.39 is 0 Å². The van der Waals surface area contributed by atoms with E-state index in [1.807, 2.05) is 30.8 Å². The molecule has 0 bridgehead atoms. The number of aryl methyl sites for hydroxylation is 2. The van der Waals surface area contributed by atoms with Crippen molar-refractivity contribution < 1.29 is 4.74 Å². The average molecular weight is 338 g/mol. The van der Waals surface area contributed by atoms with Gasteiger partial charge in [-0.1, -0.05) is 12.1 Å². The van der Waals surface area contributed by atoms with Gasteiger partial charge in [-0.25, -0.2) is 0 Å². The summed E-state index contributed by atoms with van der Waals surface area (Å²) >= 11 is 3.59. The maximum Gasteiger partial charge on any atom is 0.118 e. The Hall–Kier alpha value is -1.33. The van der Waals surface area contributed by atoms with Gasteiger partial charge in [0.1, 0.15) is 5.75 Å². The molecule has 0 aliphatic rings. The Kier molecular flexibility index (Phi) is 4.83. The number of halogens is 1. The first-order chi connectivity index (χ1) is 9.52. The van der Waals surface area contributed by atoms with Crippen molar-refractivity contribution in [3.05, 3.63) is 45.7 Å². The van der Waals surface area contributed by atoms with Crippen molar-refractivity contribution in [2.45, 2.75) is 26.4 Å². The van der Waals surface area contributed by atoms with Crippen LogP contribution in [0.25, 0.3) is 0 Å². The fourth-order valence-electron chi connectivity index (χ4n) is 2.13. The lowest BCUT2D eigenvalue weighted by atomic mass is 10.1. The summed E-state index contributed by atoms with van der Waals surface area (Å²) in [6, 6.07) is 8.40. The monoisotopic (exact) mass is 337 g/mol. The van der Waals surface area contributed by atoms with Gasteiger partial charge in [-0.15, -0.1) is 0 Å². The van der Waals surface area contributed by atoms with E-state index in [2.05, 4.69) is 45.4 Å². The molecule has 1 atom stereocenters. The number of nitrogens with zero attached hydrogens (tertiary/aromatic N) is 2. The van der Waals surface area contributed by atoms with E-state index in [0.29, 0.717) is 0 Å². The molecule has 1 heterocycles. The number of ether oxygens (including phenoxy) is 1. The smallest absolute Gasteiger partial charge is 0.118 e. The average Bonchev–Trinajstić information content (AvgIpc) is 2.70. The zero-order valence-electron chi connectivity index (χ0n) is 12.3. The summed E-state index contributed by atoms with van der Waals surface area (Å²) in [4.78, 5) is 0. The van der Waals surface area contributed by atoms with Crippen LogP contribution in [0.5, 0.6) is 5.75 Å². The summed E-state index contributed by atoms with van der Waals surface area (Å²) in [5.41, 5.74) is 3.41. The zero-order chi connectivity index (χ0) is 14.7. The molecule has 2 rings (SSSR count). The number of nitrogens with one attached hydrogen (secondary N) is 1. The molecule has 0 aliphatic heterocycles. The van der Waals surface area contributed by atoms with Gasteiger partial charge in [-0.2, -0.15) is 5.10 Å². The molecule has 2 aromatic rings. The first-order valence-electron chi connectivity index (χ1n) is 6.58. The highest BCUT2D eigenvalue weighted by Gasteiger charge is 2.12. The second-order valence-corrected chi connectivity index (χ2v) is 5.64. The number of hydrogen-bond donors (Lipinski definition) is 1. The lowest BCUT2D eigenvalue weighted by Crippen LogP contribution is -2.20. The molecule has 5 heteroatoms. The summed E-state index contributed by atoms with van der Waals surface area (Å²) in [7, 11) is 3.64. The number of rotatable bonds is 5. The molecule has 0 radical (unpaired) electrons. The van der Waals surface area contributed by atoms with Crippen LogP contribution in [-0.2, 0) is 13.6 Å². The lowest BCUT2D eigenvalue weighted by molar-refractivity contribution is 0.414. The van der Waals surface area contributed by atoms with E-state index in [4.69, 9.17) is 4.74 Å². The van der Waals surface area contributed by atoms with Crippen LogP contribution in [0.2, 0.25) is 0 Å². The van der Waals surface area contributed by atoms with Crippen molar-refractivity contribution in [2.75, 3.05) is 7.11 Å². The molecular weight excluding hydrogens is 318 g/mol. The fourth-order valence-corrected chi connectivity index (χ4v) is 2.61. The van der Waals surface area contributed by atoms with Gasteiger partial charge in [0.25, 0.3) is 0 Å². The summed E-state index contributed by atoms with van der Waals surface area (Å²) in [6.07, 6.45) is 0. The van der Waals surface area contributed by atoms with Crippen LogP contribution in [0.1, 0.15) is 29.9 Å². The normalized spacial score (nSPS) is 12.4. The van der Waals surface area contributed by atoms with E-state index in [0.717, 1.165) is 28.2 Å². The van der Waals surface area contributed by atoms with Crippen LogP contribution in [0, 0.1) is 6.92 Å². The maximum atomic E-state index is 5.17. The molecule has 108 valence electrons. The Morgan fingerprint density at radius 1 is 1.35 bits per heavy atom. The van der Waals surface area contributed by atoms with Crippen molar-refractivity contribution in [2.24, 2.45) is 7.05 Å². The number of aromatic nitrogens is 2. The van der Waals surface area contributed by atoms with Crippen LogP contribution in [-0.4, -0.2) is 16.9 Å². The third kappa shape index (κ3) is 3.22. The molecule has 0 fully saturated rings. The van der Waals surface area contributed by atoms with E-state index >= 15 is 0 Å². The highest BCUT2D eigenvalue weighted by molar-refractivity contribution is 9.10.